The summed E-state index contributed by atoms with van der Waals surface area (Å²) in [5, 5.41) is 4.26. The quantitative estimate of drug-likeness (QED) is 0.909. The summed E-state index contributed by atoms with van der Waals surface area (Å²) in [5.41, 5.74) is 2.42. The minimum absolute atomic E-state index is 0.402. The molecule has 0 amide bonds. The summed E-state index contributed by atoms with van der Waals surface area (Å²) in [6.45, 7) is 5.86. The number of rotatable bonds is 4. The van der Waals surface area contributed by atoms with E-state index in [0.717, 1.165) is 25.2 Å². The number of benzene rings is 1. The van der Waals surface area contributed by atoms with Crippen LogP contribution in [0.4, 0.5) is 0 Å². The molecule has 1 fully saturated rings. The van der Waals surface area contributed by atoms with Gasteiger partial charge in [-0.15, -0.1) is 0 Å². The third-order valence-electron chi connectivity index (χ3n) is 4.12. The topological polar surface area (TPSA) is 41.8 Å². The Kier molecular flexibility index (Phi) is 4.63. The Bertz CT molecular complexity index is 701. The number of thiophene rings is 1. The number of sulfonamides is 1. The number of hydrogen-bond donors (Lipinski definition) is 1. The molecule has 0 aliphatic carbocycles. The summed E-state index contributed by atoms with van der Waals surface area (Å²) < 4.78 is 26.9. The first-order valence-electron chi connectivity index (χ1n) is 7.47. The van der Waals surface area contributed by atoms with E-state index in [4.69, 9.17) is 0 Å². The molecular formula is C16H21N2O2S2+. The zero-order chi connectivity index (χ0) is 15.6. The predicted molar refractivity (Wildman–Crippen MR) is 88.7 cm³/mol. The maximum atomic E-state index is 12.6. The minimum Gasteiger partial charge on any atom is -0.329 e. The van der Waals surface area contributed by atoms with Gasteiger partial charge in [0.1, 0.15) is 6.54 Å². The van der Waals surface area contributed by atoms with Crippen LogP contribution >= 0.6 is 11.3 Å². The van der Waals surface area contributed by atoms with Crippen molar-refractivity contribution in [3.05, 3.63) is 52.2 Å². The summed E-state index contributed by atoms with van der Waals surface area (Å²) >= 11 is 1.71. The molecule has 6 heteroatoms. The van der Waals surface area contributed by atoms with Crippen LogP contribution in [0.1, 0.15) is 11.1 Å². The standard InChI is InChI=1S/C16H20N2O2S2/c1-14-2-4-16(5-3-14)22(19,20)18-9-7-17(8-10-18)12-15-6-11-21-13-15/h2-6,11,13H,7-10,12H2,1H3/p+1. The van der Waals surface area contributed by atoms with Gasteiger partial charge in [-0.1, -0.05) is 17.7 Å². The number of piperazine rings is 1. The van der Waals surface area contributed by atoms with E-state index in [2.05, 4.69) is 16.8 Å². The van der Waals surface area contributed by atoms with Crippen LogP contribution in [-0.4, -0.2) is 38.9 Å². The predicted octanol–water partition coefficient (Wildman–Crippen LogP) is 1.15. The highest BCUT2D eigenvalue weighted by molar-refractivity contribution is 7.89. The van der Waals surface area contributed by atoms with Gasteiger partial charge in [-0.2, -0.15) is 15.6 Å². The van der Waals surface area contributed by atoms with Crippen LogP contribution in [0.25, 0.3) is 0 Å². The normalized spacial score (nSPS) is 17.7. The minimum atomic E-state index is -3.34. The Morgan fingerprint density at radius 1 is 1.14 bits per heavy atom. The number of aryl methyl sites for hydroxylation is 1. The molecule has 0 atom stereocenters. The lowest BCUT2D eigenvalue weighted by Crippen LogP contribution is -3.13. The van der Waals surface area contributed by atoms with Gasteiger partial charge in [0.25, 0.3) is 0 Å². The van der Waals surface area contributed by atoms with Gasteiger partial charge >= 0.3 is 0 Å². The van der Waals surface area contributed by atoms with Gasteiger partial charge in [0, 0.05) is 5.56 Å². The second kappa shape index (κ2) is 6.50. The van der Waals surface area contributed by atoms with Crippen molar-refractivity contribution in [3.63, 3.8) is 0 Å². The average molecular weight is 337 g/mol. The molecule has 0 spiro atoms. The van der Waals surface area contributed by atoms with Crippen molar-refractivity contribution < 1.29 is 13.3 Å². The molecule has 1 aliphatic rings. The fourth-order valence-electron chi connectivity index (χ4n) is 2.76. The van der Waals surface area contributed by atoms with Gasteiger partial charge in [0.2, 0.25) is 10.0 Å². The monoisotopic (exact) mass is 337 g/mol. The first-order valence-corrected chi connectivity index (χ1v) is 9.85. The summed E-state index contributed by atoms with van der Waals surface area (Å²) in [7, 11) is -3.34. The van der Waals surface area contributed by atoms with Gasteiger partial charge in [-0.05, 0) is 35.9 Å². The molecule has 0 unspecified atom stereocenters. The summed E-state index contributed by atoms with van der Waals surface area (Å²) in [5.74, 6) is 0. The van der Waals surface area contributed by atoms with E-state index in [0.29, 0.717) is 18.0 Å². The first-order chi connectivity index (χ1) is 10.6. The van der Waals surface area contributed by atoms with Crippen molar-refractivity contribution in [2.45, 2.75) is 18.4 Å². The highest BCUT2D eigenvalue weighted by Crippen LogP contribution is 2.16. The van der Waals surface area contributed by atoms with E-state index < -0.39 is 10.0 Å². The lowest BCUT2D eigenvalue weighted by atomic mass is 10.2. The molecule has 1 aromatic heterocycles. The first kappa shape index (κ1) is 15.7. The van der Waals surface area contributed by atoms with Gasteiger partial charge in [0.05, 0.1) is 31.1 Å². The third-order valence-corrected chi connectivity index (χ3v) is 6.77. The van der Waals surface area contributed by atoms with E-state index in [1.165, 1.54) is 10.5 Å². The number of nitrogens with zero attached hydrogens (tertiary/aromatic N) is 1. The summed E-state index contributed by atoms with van der Waals surface area (Å²) in [4.78, 5) is 1.85. The van der Waals surface area contributed by atoms with E-state index in [1.807, 2.05) is 19.1 Å². The van der Waals surface area contributed by atoms with Crippen LogP contribution in [0.15, 0.2) is 46.0 Å². The molecule has 1 N–H and O–H groups in total. The molecule has 0 saturated carbocycles. The lowest BCUT2D eigenvalue weighted by molar-refractivity contribution is -0.917. The smallest absolute Gasteiger partial charge is 0.243 e. The largest absolute Gasteiger partial charge is 0.329 e. The van der Waals surface area contributed by atoms with Crippen LogP contribution in [0.5, 0.6) is 0 Å². The van der Waals surface area contributed by atoms with Crippen molar-refractivity contribution in [3.8, 4) is 0 Å². The fourth-order valence-corrected chi connectivity index (χ4v) is 4.87. The number of quaternary nitrogens is 1. The molecule has 22 heavy (non-hydrogen) atoms. The second-order valence-electron chi connectivity index (χ2n) is 5.78. The van der Waals surface area contributed by atoms with Crippen molar-refractivity contribution >= 4 is 21.4 Å². The number of hydrogen-bond acceptors (Lipinski definition) is 3. The zero-order valence-electron chi connectivity index (χ0n) is 12.7. The van der Waals surface area contributed by atoms with Gasteiger partial charge in [0.15, 0.2) is 0 Å². The van der Waals surface area contributed by atoms with Crippen LogP contribution in [0, 0.1) is 6.92 Å². The Hall–Kier alpha value is -1.21. The Morgan fingerprint density at radius 2 is 1.82 bits per heavy atom. The van der Waals surface area contributed by atoms with Crippen LogP contribution in [0.2, 0.25) is 0 Å². The Labute approximate surface area is 136 Å². The Morgan fingerprint density at radius 3 is 2.41 bits per heavy atom. The van der Waals surface area contributed by atoms with Crippen LogP contribution in [0.3, 0.4) is 0 Å². The molecule has 1 aromatic carbocycles. The molecule has 4 nitrogen and oxygen atoms in total. The molecule has 2 heterocycles. The fraction of sp³-hybridized carbons (Fsp3) is 0.375. The maximum Gasteiger partial charge on any atom is 0.243 e. The second-order valence-corrected chi connectivity index (χ2v) is 8.49. The van der Waals surface area contributed by atoms with Crippen molar-refractivity contribution in [2.24, 2.45) is 0 Å². The molecule has 0 bridgehead atoms. The SMILES string of the molecule is Cc1ccc(S(=O)(=O)N2CC[NH+](Cc3ccsc3)CC2)cc1. The van der Waals surface area contributed by atoms with Crippen molar-refractivity contribution in [2.75, 3.05) is 26.2 Å². The molecule has 118 valence electrons. The van der Waals surface area contributed by atoms with Gasteiger partial charge < -0.3 is 4.90 Å². The number of nitrogens with one attached hydrogen (secondary N) is 1. The van der Waals surface area contributed by atoms with Crippen LogP contribution in [-0.2, 0) is 16.6 Å². The lowest BCUT2D eigenvalue weighted by Gasteiger charge is -2.31. The molecule has 2 aromatic rings. The third kappa shape index (κ3) is 3.41. The highest BCUT2D eigenvalue weighted by Gasteiger charge is 2.30. The molecule has 1 saturated heterocycles. The summed E-state index contributed by atoms with van der Waals surface area (Å²) in [6, 6.07) is 9.26. The van der Waals surface area contributed by atoms with E-state index >= 15 is 0 Å². The summed E-state index contributed by atoms with van der Waals surface area (Å²) in [6.07, 6.45) is 0. The molecule has 3 rings (SSSR count). The van der Waals surface area contributed by atoms with Crippen LogP contribution < -0.4 is 4.90 Å². The Balaban J connectivity index is 1.64. The van der Waals surface area contributed by atoms with Gasteiger partial charge in [-0.25, -0.2) is 8.42 Å². The van der Waals surface area contributed by atoms with Crippen molar-refractivity contribution in [1.82, 2.24) is 4.31 Å². The molecule has 1 aliphatic heterocycles. The maximum absolute atomic E-state index is 12.6. The van der Waals surface area contributed by atoms with E-state index in [9.17, 15) is 8.42 Å². The van der Waals surface area contributed by atoms with E-state index in [1.54, 1.807) is 27.8 Å². The molecular weight excluding hydrogens is 316 g/mol. The van der Waals surface area contributed by atoms with Gasteiger partial charge in [-0.3, -0.25) is 0 Å². The van der Waals surface area contributed by atoms with E-state index in [-0.39, 0.29) is 0 Å². The highest BCUT2D eigenvalue weighted by atomic mass is 32.2. The molecule has 0 radical (unpaired) electrons. The van der Waals surface area contributed by atoms with Crippen molar-refractivity contribution in [1.29, 1.82) is 0 Å². The zero-order valence-corrected chi connectivity index (χ0v) is 14.3. The average Bonchev–Trinajstić information content (AvgIpc) is 3.01.